The summed E-state index contributed by atoms with van der Waals surface area (Å²) in [6.07, 6.45) is 0. The van der Waals surface area contributed by atoms with Crippen molar-refractivity contribution >= 4 is 32.4 Å². The minimum absolute atomic E-state index is 0.183. The van der Waals surface area contributed by atoms with Gasteiger partial charge in [0.1, 0.15) is 22.8 Å². The van der Waals surface area contributed by atoms with Gasteiger partial charge >= 0.3 is 0 Å². The molecular weight excluding hydrogens is 398 g/mol. The van der Waals surface area contributed by atoms with Crippen LogP contribution in [0.2, 0.25) is 0 Å². The Balaban J connectivity index is 1.98. The molecule has 29 heavy (non-hydrogen) atoms. The first-order valence-corrected chi connectivity index (χ1v) is 10.2. The van der Waals surface area contributed by atoms with E-state index < -0.39 is 21.0 Å². The number of nitrogens with zero attached hydrogens (tertiary/aromatic N) is 1. The van der Waals surface area contributed by atoms with E-state index in [1.54, 1.807) is 19.2 Å². The minimum atomic E-state index is -3.79. The highest BCUT2D eigenvalue weighted by atomic mass is 32.2. The maximum atomic E-state index is 11.9. The van der Waals surface area contributed by atoms with Gasteiger partial charge in [0.05, 0.1) is 23.0 Å². The molecule has 1 atom stereocenters. The van der Waals surface area contributed by atoms with Crippen LogP contribution in [0, 0.1) is 17.0 Å². The summed E-state index contributed by atoms with van der Waals surface area (Å²) in [5.41, 5.74) is 1.41. The Kier molecular flexibility index (Phi) is 5.49. The molecule has 0 aliphatic carbocycles. The number of methoxy groups -OCH3 is 1. The van der Waals surface area contributed by atoms with Gasteiger partial charge in [-0.3, -0.25) is 10.1 Å². The number of nitro benzene ring substituents is 1. The summed E-state index contributed by atoms with van der Waals surface area (Å²) in [7, 11) is -0.968. The van der Waals surface area contributed by atoms with Crippen LogP contribution in [0.15, 0.2) is 45.7 Å². The Morgan fingerprint density at radius 3 is 2.55 bits per heavy atom. The predicted octanol–water partition coefficient (Wildman–Crippen LogP) is 3.74. The lowest BCUT2D eigenvalue weighted by atomic mass is 10.1. The lowest BCUT2D eigenvalue weighted by Crippen LogP contribution is -2.19. The van der Waals surface area contributed by atoms with Crippen molar-refractivity contribution in [2.75, 3.05) is 19.5 Å². The zero-order chi connectivity index (χ0) is 21.3. The molecule has 3 aromatic rings. The Hall–Kier alpha value is -3.11. The average Bonchev–Trinajstić information content (AvgIpc) is 3.04. The summed E-state index contributed by atoms with van der Waals surface area (Å²) >= 11 is 0. The third-order valence-electron chi connectivity index (χ3n) is 4.69. The van der Waals surface area contributed by atoms with Gasteiger partial charge in [0, 0.05) is 17.0 Å². The van der Waals surface area contributed by atoms with E-state index in [0.29, 0.717) is 17.1 Å². The summed E-state index contributed by atoms with van der Waals surface area (Å²) in [5, 5.41) is 15.4. The minimum Gasteiger partial charge on any atom is -0.497 e. The number of fused-ring (bicyclic) bond motifs is 1. The van der Waals surface area contributed by atoms with Crippen LogP contribution in [-0.2, 0) is 10.0 Å². The van der Waals surface area contributed by atoms with Crippen LogP contribution in [0.1, 0.15) is 24.3 Å². The van der Waals surface area contributed by atoms with Gasteiger partial charge in [-0.2, -0.15) is 0 Å². The number of aryl methyl sites for hydroxylation is 1. The number of rotatable bonds is 7. The van der Waals surface area contributed by atoms with Crippen LogP contribution in [0.5, 0.6) is 5.75 Å². The molecule has 0 amide bonds. The maximum absolute atomic E-state index is 11.9. The zero-order valence-electron chi connectivity index (χ0n) is 16.3. The monoisotopic (exact) mass is 419 g/mol. The molecule has 0 spiro atoms. The standard InChI is InChI=1S/C19H21N3O6S/c1-11-15-9-13(27-4)5-8-18(15)28-19(11)12(2)21-16-7-6-14(29(25,26)20-3)10-17(16)22(23)24/h5-10,12,20-21H,1-4H3. The fraction of sp³-hybridized carbons (Fsp3) is 0.263. The number of nitro groups is 1. The number of benzene rings is 2. The Morgan fingerprint density at radius 1 is 1.21 bits per heavy atom. The molecule has 1 unspecified atom stereocenters. The molecule has 2 aromatic carbocycles. The highest BCUT2D eigenvalue weighted by Crippen LogP contribution is 2.35. The number of sulfonamides is 1. The number of furan rings is 1. The van der Waals surface area contributed by atoms with Crippen molar-refractivity contribution in [1.82, 2.24) is 4.72 Å². The second kappa shape index (κ2) is 7.72. The molecule has 0 fully saturated rings. The molecule has 0 bridgehead atoms. The zero-order valence-corrected chi connectivity index (χ0v) is 17.2. The quantitative estimate of drug-likeness (QED) is 0.441. The van der Waals surface area contributed by atoms with Crippen molar-refractivity contribution < 1.29 is 22.5 Å². The van der Waals surface area contributed by atoms with E-state index in [-0.39, 0.29) is 16.3 Å². The number of hydrogen-bond donors (Lipinski definition) is 2. The van der Waals surface area contributed by atoms with E-state index in [2.05, 4.69) is 10.0 Å². The Morgan fingerprint density at radius 2 is 1.93 bits per heavy atom. The van der Waals surface area contributed by atoms with E-state index in [9.17, 15) is 18.5 Å². The van der Waals surface area contributed by atoms with Crippen LogP contribution in [0.3, 0.4) is 0 Å². The molecule has 0 aliphatic rings. The van der Waals surface area contributed by atoms with Gasteiger partial charge in [0.2, 0.25) is 10.0 Å². The number of hydrogen-bond acceptors (Lipinski definition) is 7. The van der Waals surface area contributed by atoms with Gasteiger partial charge in [-0.1, -0.05) is 0 Å². The first-order valence-electron chi connectivity index (χ1n) is 8.73. The highest BCUT2D eigenvalue weighted by molar-refractivity contribution is 7.89. The van der Waals surface area contributed by atoms with E-state index >= 15 is 0 Å². The summed E-state index contributed by atoms with van der Waals surface area (Å²) in [4.78, 5) is 10.7. The van der Waals surface area contributed by atoms with Gasteiger partial charge in [-0.15, -0.1) is 0 Å². The van der Waals surface area contributed by atoms with Crippen molar-refractivity contribution in [3.8, 4) is 5.75 Å². The Labute approximate surface area is 167 Å². The molecule has 10 heteroatoms. The average molecular weight is 419 g/mol. The molecule has 1 heterocycles. The number of nitrogens with one attached hydrogen (secondary N) is 2. The summed E-state index contributed by atoms with van der Waals surface area (Å²) < 4.78 is 37.2. The third kappa shape index (κ3) is 3.89. The molecule has 3 rings (SSSR count). The van der Waals surface area contributed by atoms with Crippen molar-refractivity contribution in [3.05, 3.63) is 57.8 Å². The molecule has 9 nitrogen and oxygen atoms in total. The second-order valence-electron chi connectivity index (χ2n) is 6.46. The summed E-state index contributed by atoms with van der Waals surface area (Å²) in [5.74, 6) is 1.32. The largest absolute Gasteiger partial charge is 0.497 e. The SMILES string of the molecule is CNS(=O)(=O)c1ccc(NC(C)c2oc3ccc(OC)cc3c2C)c([N+](=O)[O-])c1. The summed E-state index contributed by atoms with van der Waals surface area (Å²) in [6.45, 7) is 3.71. The van der Waals surface area contributed by atoms with Crippen LogP contribution in [0.4, 0.5) is 11.4 Å². The van der Waals surface area contributed by atoms with Crippen LogP contribution in [0.25, 0.3) is 11.0 Å². The van der Waals surface area contributed by atoms with E-state index in [0.717, 1.165) is 17.0 Å². The van der Waals surface area contributed by atoms with Crippen molar-refractivity contribution in [1.29, 1.82) is 0 Å². The summed E-state index contributed by atoms with van der Waals surface area (Å²) in [6, 6.07) is 8.76. The first-order chi connectivity index (χ1) is 13.7. The normalized spacial score (nSPS) is 12.7. The molecular formula is C19H21N3O6S. The van der Waals surface area contributed by atoms with Crippen molar-refractivity contribution in [2.24, 2.45) is 0 Å². The van der Waals surface area contributed by atoms with Gasteiger partial charge in [0.25, 0.3) is 5.69 Å². The molecule has 0 saturated carbocycles. The fourth-order valence-electron chi connectivity index (χ4n) is 3.13. The molecule has 1 aromatic heterocycles. The van der Waals surface area contributed by atoms with E-state index in [1.807, 2.05) is 19.9 Å². The van der Waals surface area contributed by atoms with Crippen molar-refractivity contribution in [3.63, 3.8) is 0 Å². The maximum Gasteiger partial charge on any atom is 0.293 e. The molecule has 0 radical (unpaired) electrons. The van der Waals surface area contributed by atoms with Gasteiger partial charge in [0.15, 0.2) is 0 Å². The Bertz CT molecular complexity index is 1190. The molecule has 2 N–H and O–H groups in total. The smallest absolute Gasteiger partial charge is 0.293 e. The third-order valence-corrected chi connectivity index (χ3v) is 6.10. The van der Waals surface area contributed by atoms with Crippen molar-refractivity contribution in [2.45, 2.75) is 24.8 Å². The molecule has 0 aliphatic heterocycles. The lowest BCUT2D eigenvalue weighted by molar-refractivity contribution is -0.384. The fourth-order valence-corrected chi connectivity index (χ4v) is 3.88. The molecule has 0 saturated heterocycles. The van der Waals surface area contributed by atoms with Crippen LogP contribution < -0.4 is 14.8 Å². The van der Waals surface area contributed by atoms with Crippen LogP contribution in [-0.4, -0.2) is 27.5 Å². The van der Waals surface area contributed by atoms with Gasteiger partial charge in [-0.05, 0) is 51.2 Å². The first kappa shape index (κ1) is 20.6. The van der Waals surface area contributed by atoms with E-state index in [4.69, 9.17) is 9.15 Å². The van der Waals surface area contributed by atoms with Crippen LogP contribution >= 0.6 is 0 Å². The number of anilines is 1. The van der Waals surface area contributed by atoms with Gasteiger partial charge < -0.3 is 14.5 Å². The lowest BCUT2D eigenvalue weighted by Gasteiger charge is -2.15. The topological polar surface area (TPSA) is 124 Å². The highest BCUT2D eigenvalue weighted by Gasteiger charge is 2.23. The molecule has 154 valence electrons. The van der Waals surface area contributed by atoms with E-state index in [1.165, 1.54) is 19.2 Å². The van der Waals surface area contributed by atoms with Gasteiger partial charge in [-0.25, -0.2) is 13.1 Å². The second-order valence-corrected chi connectivity index (χ2v) is 8.35. The predicted molar refractivity (Wildman–Crippen MR) is 109 cm³/mol. The number of ether oxygens (including phenoxy) is 1.